The first-order valence-electron chi connectivity index (χ1n) is 11.7. The van der Waals surface area contributed by atoms with Crippen molar-refractivity contribution in [3.8, 4) is 11.4 Å². The van der Waals surface area contributed by atoms with Gasteiger partial charge in [0.2, 0.25) is 5.17 Å². The van der Waals surface area contributed by atoms with Crippen LogP contribution in [0.15, 0.2) is 64.2 Å². The van der Waals surface area contributed by atoms with E-state index >= 15 is 0 Å². The molecule has 36 heavy (non-hydrogen) atoms. The number of aromatic nitrogens is 1. The zero-order valence-electron chi connectivity index (χ0n) is 20.9. The first-order chi connectivity index (χ1) is 17.2. The van der Waals surface area contributed by atoms with Crippen molar-refractivity contribution in [2.75, 3.05) is 6.61 Å². The molecular weight excluding hydrogens is 470 g/mol. The van der Waals surface area contributed by atoms with Crippen molar-refractivity contribution in [2.24, 2.45) is 10.1 Å². The normalized spacial score (nSPS) is 16.4. The van der Waals surface area contributed by atoms with E-state index in [0.29, 0.717) is 10.2 Å². The number of benzene rings is 2. The number of rotatable bonds is 5. The van der Waals surface area contributed by atoms with Crippen LogP contribution < -0.4 is 4.74 Å². The van der Waals surface area contributed by atoms with Gasteiger partial charge in [0.05, 0.1) is 5.57 Å². The van der Waals surface area contributed by atoms with E-state index in [1.165, 1.54) is 27.9 Å². The molecule has 0 radical (unpaired) electrons. The highest BCUT2D eigenvalue weighted by Gasteiger charge is 2.36. The quantitative estimate of drug-likeness (QED) is 0.457. The lowest BCUT2D eigenvalue weighted by atomic mass is 10.1. The first-order valence-corrected chi connectivity index (χ1v) is 12.5. The van der Waals surface area contributed by atoms with E-state index in [-0.39, 0.29) is 18.0 Å². The third kappa shape index (κ3) is 4.40. The van der Waals surface area contributed by atoms with Crippen molar-refractivity contribution in [2.45, 2.75) is 34.6 Å². The van der Waals surface area contributed by atoms with E-state index in [2.05, 4.69) is 46.7 Å². The highest BCUT2D eigenvalue weighted by atomic mass is 32.2. The molecule has 0 spiro atoms. The molecule has 1 amide bonds. The Morgan fingerprint density at radius 3 is 2.56 bits per heavy atom. The Balaban J connectivity index is 1.41. The van der Waals surface area contributed by atoms with Crippen LogP contribution in [0.3, 0.4) is 0 Å². The molecule has 0 saturated carbocycles. The van der Waals surface area contributed by atoms with Crippen LogP contribution in [-0.4, -0.2) is 38.1 Å². The van der Waals surface area contributed by atoms with Gasteiger partial charge in [0, 0.05) is 17.1 Å². The molecule has 182 valence electrons. The summed E-state index contributed by atoms with van der Waals surface area (Å²) >= 11 is 1.25. The van der Waals surface area contributed by atoms with Gasteiger partial charge in [-0.3, -0.25) is 10.2 Å². The lowest BCUT2D eigenvalue weighted by Gasteiger charge is -2.20. The van der Waals surface area contributed by atoms with Crippen LogP contribution >= 0.6 is 11.8 Å². The lowest BCUT2D eigenvalue weighted by molar-refractivity contribution is -0.114. The molecule has 8 heteroatoms. The molecule has 0 atom stereocenters. The molecule has 2 aromatic carbocycles. The number of carbonyl (C=O) groups is 1. The molecule has 5 rings (SSSR count). The van der Waals surface area contributed by atoms with Crippen LogP contribution in [0.5, 0.6) is 5.75 Å². The Bertz CT molecular complexity index is 1510. The molecule has 0 saturated heterocycles. The number of fused-ring (bicyclic) bond motifs is 1. The van der Waals surface area contributed by atoms with E-state index in [4.69, 9.17) is 10.1 Å². The van der Waals surface area contributed by atoms with Crippen molar-refractivity contribution in [1.82, 2.24) is 9.58 Å². The molecule has 7 nitrogen and oxygen atoms in total. The van der Waals surface area contributed by atoms with Gasteiger partial charge in [-0.1, -0.05) is 29.8 Å². The summed E-state index contributed by atoms with van der Waals surface area (Å²) in [7, 11) is 0. The van der Waals surface area contributed by atoms with E-state index in [1.807, 2.05) is 51.1 Å². The molecule has 3 heterocycles. The summed E-state index contributed by atoms with van der Waals surface area (Å²) in [5.74, 6) is 0.321. The minimum Gasteiger partial charge on any atom is -0.487 e. The summed E-state index contributed by atoms with van der Waals surface area (Å²) in [6, 6.07) is 16.2. The van der Waals surface area contributed by atoms with Gasteiger partial charge in [0.25, 0.3) is 5.91 Å². The fourth-order valence-corrected chi connectivity index (χ4v) is 5.25. The van der Waals surface area contributed by atoms with E-state index in [9.17, 15) is 4.79 Å². The molecule has 2 aliphatic heterocycles. The molecule has 0 fully saturated rings. The minimum atomic E-state index is -0.439. The summed E-state index contributed by atoms with van der Waals surface area (Å²) in [5.41, 5.74) is 7.73. The number of aliphatic imine (C=N–C) groups is 1. The van der Waals surface area contributed by atoms with E-state index in [1.54, 1.807) is 6.08 Å². The number of thioether (sulfide) groups is 1. The summed E-state index contributed by atoms with van der Waals surface area (Å²) in [6.45, 7) is 10.5. The fraction of sp³-hybridized carbons (Fsp3) is 0.214. The molecule has 0 unspecified atom stereocenters. The molecular formula is C28H27N5O2S. The predicted octanol–water partition coefficient (Wildman–Crippen LogP) is 5.72. The molecule has 3 aromatic rings. The van der Waals surface area contributed by atoms with Crippen LogP contribution in [0, 0.1) is 40.0 Å². The standard InChI is InChI=1S/C28H27N5O2S/c1-16-7-6-8-22(12-16)35-15-25-31-33-26(29)23(27(34)30-28(33)36-25)14-21-13-19(4)32(20(21)5)24-10-9-17(2)11-18(24)3/h6-14,29H,15H2,1-5H3/b23-14-,29-26?. The smallest absolute Gasteiger partial charge is 0.283 e. The second-order valence-corrected chi connectivity index (χ2v) is 10.1. The fourth-order valence-electron chi connectivity index (χ4n) is 4.46. The van der Waals surface area contributed by atoms with Gasteiger partial charge in [-0.25, -0.2) is 0 Å². The van der Waals surface area contributed by atoms with Gasteiger partial charge in [0.1, 0.15) is 17.4 Å². The number of hydrogen-bond acceptors (Lipinski definition) is 5. The SMILES string of the molecule is Cc1cccc(OCC2=NN3C(=N)/C(=C/c4cc(C)n(-c5ccc(C)cc5C)c4C)C(=O)N=C3S2)c1. The molecule has 0 bridgehead atoms. The largest absolute Gasteiger partial charge is 0.487 e. The summed E-state index contributed by atoms with van der Waals surface area (Å²) < 4.78 is 8.02. The Kier molecular flexibility index (Phi) is 6.14. The minimum absolute atomic E-state index is 0.0133. The van der Waals surface area contributed by atoms with Crippen LogP contribution in [0.4, 0.5) is 0 Å². The number of nitrogens with one attached hydrogen (secondary N) is 1. The third-order valence-corrected chi connectivity index (χ3v) is 7.09. The van der Waals surface area contributed by atoms with Crippen molar-refractivity contribution >= 4 is 39.8 Å². The second-order valence-electron chi connectivity index (χ2n) is 9.07. The summed E-state index contributed by atoms with van der Waals surface area (Å²) in [5, 5.41) is 15.6. The van der Waals surface area contributed by atoms with Crippen LogP contribution in [0.2, 0.25) is 0 Å². The number of carbonyl (C=O) groups excluding carboxylic acids is 1. The molecule has 1 aromatic heterocycles. The van der Waals surface area contributed by atoms with Gasteiger partial charge >= 0.3 is 0 Å². The molecule has 0 aliphatic carbocycles. The number of nitrogens with zero attached hydrogens (tertiary/aromatic N) is 4. The van der Waals surface area contributed by atoms with Gasteiger partial charge in [0.15, 0.2) is 5.84 Å². The monoisotopic (exact) mass is 497 g/mol. The van der Waals surface area contributed by atoms with Crippen molar-refractivity contribution in [1.29, 1.82) is 5.41 Å². The number of aryl methyl sites for hydroxylation is 4. The highest BCUT2D eigenvalue weighted by molar-refractivity contribution is 8.27. The van der Waals surface area contributed by atoms with Crippen LogP contribution in [0.25, 0.3) is 11.8 Å². The maximum atomic E-state index is 12.9. The number of ether oxygens (including phenoxy) is 1. The maximum Gasteiger partial charge on any atom is 0.283 e. The lowest BCUT2D eigenvalue weighted by Crippen LogP contribution is -2.35. The van der Waals surface area contributed by atoms with Crippen molar-refractivity contribution in [3.63, 3.8) is 0 Å². The molecule has 2 aliphatic rings. The summed E-state index contributed by atoms with van der Waals surface area (Å²) in [4.78, 5) is 17.1. The molecule has 1 N–H and O–H groups in total. The van der Waals surface area contributed by atoms with Gasteiger partial charge in [-0.05, 0) is 93.4 Å². The van der Waals surface area contributed by atoms with Gasteiger partial charge < -0.3 is 9.30 Å². The van der Waals surface area contributed by atoms with Gasteiger partial charge in [-0.15, -0.1) is 0 Å². The topological polar surface area (TPSA) is 83.0 Å². The second kappa shape index (κ2) is 9.28. The number of amidine groups is 2. The average Bonchev–Trinajstić information content (AvgIpc) is 3.35. The maximum absolute atomic E-state index is 12.9. The van der Waals surface area contributed by atoms with E-state index in [0.717, 1.165) is 34.0 Å². The Morgan fingerprint density at radius 1 is 1.03 bits per heavy atom. The zero-order chi connectivity index (χ0) is 25.6. The van der Waals surface area contributed by atoms with Crippen LogP contribution in [0.1, 0.15) is 33.6 Å². The van der Waals surface area contributed by atoms with Crippen LogP contribution in [-0.2, 0) is 4.79 Å². The van der Waals surface area contributed by atoms with Gasteiger partial charge in [-0.2, -0.15) is 15.1 Å². The van der Waals surface area contributed by atoms with Crippen molar-refractivity contribution < 1.29 is 9.53 Å². The number of hydrazone groups is 1. The Labute approximate surface area is 214 Å². The zero-order valence-corrected chi connectivity index (χ0v) is 21.7. The third-order valence-electron chi connectivity index (χ3n) is 6.21. The van der Waals surface area contributed by atoms with Crippen molar-refractivity contribution in [3.05, 3.63) is 87.7 Å². The average molecular weight is 498 g/mol. The number of hydrogen-bond donors (Lipinski definition) is 1. The van der Waals surface area contributed by atoms with E-state index < -0.39 is 5.91 Å². The summed E-state index contributed by atoms with van der Waals surface area (Å²) in [6.07, 6.45) is 1.74. The number of amides is 1. The first kappa shape index (κ1) is 23.8. The Morgan fingerprint density at radius 2 is 1.81 bits per heavy atom. The Hall–Kier alpha value is -3.91. The highest BCUT2D eigenvalue weighted by Crippen LogP contribution is 2.30. The predicted molar refractivity (Wildman–Crippen MR) is 146 cm³/mol.